The molecule has 1 atom stereocenters. The standard InChI is InChI=1S/C14H16N2/c15-10-14(11-16)9-5-4-7-12-6-2-1-3-8-13(12)14/h4-5,8,12H,1-3,6-7,9H2. The van der Waals surface area contributed by atoms with Crippen LogP contribution in [0, 0.1) is 34.0 Å². The fourth-order valence-electron chi connectivity index (χ4n) is 2.77. The summed E-state index contributed by atoms with van der Waals surface area (Å²) in [5, 5.41) is 18.7. The second kappa shape index (κ2) is 4.54. The molecule has 2 aliphatic carbocycles. The van der Waals surface area contributed by atoms with E-state index >= 15 is 0 Å². The highest BCUT2D eigenvalue weighted by Gasteiger charge is 2.38. The molecule has 2 rings (SSSR count). The van der Waals surface area contributed by atoms with Crippen molar-refractivity contribution in [1.29, 1.82) is 10.5 Å². The molecule has 0 amide bonds. The van der Waals surface area contributed by atoms with E-state index in [2.05, 4.69) is 24.3 Å². The van der Waals surface area contributed by atoms with E-state index in [9.17, 15) is 10.5 Å². The monoisotopic (exact) mass is 212 g/mol. The summed E-state index contributed by atoms with van der Waals surface area (Å²) in [6, 6.07) is 4.51. The van der Waals surface area contributed by atoms with Gasteiger partial charge in [-0.15, -0.1) is 0 Å². The molecular formula is C14H16N2. The highest BCUT2D eigenvalue weighted by atomic mass is 14.5. The van der Waals surface area contributed by atoms with E-state index in [1.54, 1.807) is 0 Å². The predicted molar refractivity (Wildman–Crippen MR) is 62.1 cm³/mol. The summed E-state index contributed by atoms with van der Waals surface area (Å²) in [6.07, 6.45) is 12.4. The predicted octanol–water partition coefficient (Wildman–Crippen LogP) is 3.49. The number of hydrogen-bond acceptors (Lipinski definition) is 2. The maximum atomic E-state index is 9.35. The van der Waals surface area contributed by atoms with Crippen LogP contribution in [-0.2, 0) is 0 Å². The van der Waals surface area contributed by atoms with Gasteiger partial charge in [-0.3, -0.25) is 0 Å². The molecule has 2 aliphatic rings. The first kappa shape index (κ1) is 11.0. The molecule has 0 bridgehead atoms. The molecular weight excluding hydrogens is 196 g/mol. The van der Waals surface area contributed by atoms with Gasteiger partial charge in [0.05, 0.1) is 12.1 Å². The van der Waals surface area contributed by atoms with Crippen molar-refractivity contribution >= 4 is 0 Å². The van der Waals surface area contributed by atoms with Crippen molar-refractivity contribution in [2.75, 3.05) is 0 Å². The molecule has 0 heterocycles. The van der Waals surface area contributed by atoms with Crippen LogP contribution in [0.15, 0.2) is 23.8 Å². The van der Waals surface area contributed by atoms with Crippen molar-refractivity contribution in [3.8, 4) is 12.1 Å². The topological polar surface area (TPSA) is 47.6 Å². The lowest BCUT2D eigenvalue weighted by atomic mass is 9.74. The molecule has 2 nitrogen and oxygen atoms in total. The lowest BCUT2D eigenvalue weighted by Gasteiger charge is -2.25. The van der Waals surface area contributed by atoms with E-state index < -0.39 is 5.41 Å². The fraction of sp³-hybridized carbons (Fsp3) is 0.571. The Hall–Kier alpha value is -1.54. The first-order chi connectivity index (χ1) is 7.82. The molecule has 0 N–H and O–H groups in total. The Morgan fingerprint density at radius 1 is 1.19 bits per heavy atom. The highest BCUT2D eigenvalue weighted by molar-refractivity contribution is 5.37. The number of nitrogens with zero attached hydrogens (tertiary/aromatic N) is 2. The molecule has 16 heavy (non-hydrogen) atoms. The van der Waals surface area contributed by atoms with Crippen LogP contribution >= 0.6 is 0 Å². The maximum absolute atomic E-state index is 9.35. The Bertz CT molecular complexity index is 389. The van der Waals surface area contributed by atoms with Crippen LogP contribution in [0.2, 0.25) is 0 Å². The molecule has 0 saturated heterocycles. The molecule has 0 aromatic heterocycles. The molecule has 0 aromatic carbocycles. The Morgan fingerprint density at radius 2 is 2.00 bits per heavy atom. The summed E-state index contributed by atoms with van der Waals surface area (Å²) < 4.78 is 0. The van der Waals surface area contributed by atoms with Gasteiger partial charge in [-0.2, -0.15) is 10.5 Å². The second-order valence-electron chi connectivity index (χ2n) is 4.68. The third-order valence-corrected chi connectivity index (χ3v) is 3.70. The van der Waals surface area contributed by atoms with E-state index in [1.165, 1.54) is 12.8 Å². The summed E-state index contributed by atoms with van der Waals surface area (Å²) in [7, 11) is 0. The second-order valence-corrected chi connectivity index (χ2v) is 4.68. The van der Waals surface area contributed by atoms with Crippen LogP contribution in [-0.4, -0.2) is 0 Å². The van der Waals surface area contributed by atoms with Crippen LogP contribution in [0.25, 0.3) is 0 Å². The van der Waals surface area contributed by atoms with Gasteiger partial charge in [-0.25, -0.2) is 0 Å². The maximum Gasteiger partial charge on any atom is 0.168 e. The summed E-state index contributed by atoms with van der Waals surface area (Å²) in [5.74, 6) is 0.417. The van der Waals surface area contributed by atoms with Crippen LogP contribution in [0.4, 0.5) is 0 Å². The molecule has 1 unspecified atom stereocenters. The molecule has 0 spiro atoms. The van der Waals surface area contributed by atoms with Gasteiger partial charge in [-0.1, -0.05) is 24.6 Å². The van der Waals surface area contributed by atoms with Crippen molar-refractivity contribution in [1.82, 2.24) is 0 Å². The minimum Gasteiger partial charge on any atom is -0.196 e. The smallest absolute Gasteiger partial charge is 0.168 e. The van der Waals surface area contributed by atoms with E-state index in [-0.39, 0.29) is 0 Å². The van der Waals surface area contributed by atoms with Gasteiger partial charge < -0.3 is 0 Å². The normalized spacial score (nSPS) is 27.6. The Morgan fingerprint density at radius 3 is 2.75 bits per heavy atom. The number of hydrogen-bond donors (Lipinski definition) is 0. The Balaban J connectivity index is 2.44. The number of fused-ring (bicyclic) bond motifs is 1. The Labute approximate surface area is 96.9 Å². The van der Waals surface area contributed by atoms with Crippen molar-refractivity contribution < 1.29 is 0 Å². The molecule has 0 radical (unpaired) electrons. The average molecular weight is 212 g/mol. The third kappa shape index (κ3) is 1.76. The van der Waals surface area contributed by atoms with Crippen LogP contribution in [0.5, 0.6) is 0 Å². The van der Waals surface area contributed by atoms with Gasteiger partial charge in [-0.05, 0) is 37.2 Å². The lowest BCUT2D eigenvalue weighted by molar-refractivity contribution is 0.479. The number of nitriles is 2. The number of rotatable bonds is 0. The minimum atomic E-state index is -0.887. The quantitative estimate of drug-likeness (QED) is 0.577. The molecule has 82 valence electrons. The summed E-state index contributed by atoms with van der Waals surface area (Å²) in [5.41, 5.74) is 0.210. The summed E-state index contributed by atoms with van der Waals surface area (Å²) >= 11 is 0. The Kier molecular flexibility index (Phi) is 3.11. The largest absolute Gasteiger partial charge is 0.196 e. The average Bonchev–Trinajstić information content (AvgIpc) is 2.63. The molecule has 0 saturated carbocycles. The SMILES string of the molecule is N#CC1(C#N)CC=CCC2CCCCC=C21. The zero-order chi connectivity index (χ0) is 11.4. The molecule has 0 fully saturated rings. The lowest BCUT2D eigenvalue weighted by Crippen LogP contribution is -2.22. The van der Waals surface area contributed by atoms with Crippen molar-refractivity contribution in [3.05, 3.63) is 23.8 Å². The van der Waals surface area contributed by atoms with E-state index in [1.807, 2.05) is 6.08 Å². The minimum absolute atomic E-state index is 0.417. The van der Waals surface area contributed by atoms with Crippen molar-refractivity contribution in [3.63, 3.8) is 0 Å². The van der Waals surface area contributed by atoms with Gasteiger partial charge in [0.2, 0.25) is 0 Å². The van der Waals surface area contributed by atoms with Crippen LogP contribution in [0.1, 0.15) is 38.5 Å². The zero-order valence-electron chi connectivity index (χ0n) is 9.45. The van der Waals surface area contributed by atoms with E-state index in [4.69, 9.17) is 0 Å². The van der Waals surface area contributed by atoms with E-state index in [0.717, 1.165) is 24.8 Å². The molecule has 0 aromatic rings. The summed E-state index contributed by atoms with van der Waals surface area (Å²) in [6.45, 7) is 0. The van der Waals surface area contributed by atoms with Crippen LogP contribution in [0.3, 0.4) is 0 Å². The fourth-order valence-corrected chi connectivity index (χ4v) is 2.77. The van der Waals surface area contributed by atoms with Crippen molar-refractivity contribution in [2.24, 2.45) is 11.3 Å². The molecule has 0 aliphatic heterocycles. The van der Waals surface area contributed by atoms with Gasteiger partial charge in [0.1, 0.15) is 0 Å². The summed E-state index contributed by atoms with van der Waals surface area (Å²) in [4.78, 5) is 0. The third-order valence-electron chi connectivity index (χ3n) is 3.70. The van der Waals surface area contributed by atoms with Crippen molar-refractivity contribution in [2.45, 2.75) is 38.5 Å². The zero-order valence-corrected chi connectivity index (χ0v) is 9.45. The van der Waals surface area contributed by atoms with E-state index in [0.29, 0.717) is 12.3 Å². The number of allylic oxidation sites excluding steroid dienone is 4. The van der Waals surface area contributed by atoms with Crippen LogP contribution < -0.4 is 0 Å². The van der Waals surface area contributed by atoms with Gasteiger partial charge in [0.25, 0.3) is 0 Å². The first-order valence-electron chi connectivity index (χ1n) is 6.00. The molecule has 2 heteroatoms. The first-order valence-corrected chi connectivity index (χ1v) is 6.00. The van der Waals surface area contributed by atoms with Gasteiger partial charge >= 0.3 is 0 Å². The van der Waals surface area contributed by atoms with Gasteiger partial charge in [0.15, 0.2) is 5.41 Å². The highest BCUT2D eigenvalue weighted by Crippen LogP contribution is 2.43. The van der Waals surface area contributed by atoms with Gasteiger partial charge in [0, 0.05) is 6.42 Å².